The van der Waals surface area contributed by atoms with E-state index in [1.165, 1.54) is 0 Å². The van der Waals surface area contributed by atoms with Gasteiger partial charge in [0, 0.05) is 24.7 Å². The Labute approximate surface area is 134 Å². The van der Waals surface area contributed by atoms with Gasteiger partial charge in [0.1, 0.15) is 0 Å². The maximum atomic E-state index is 12.0. The number of aliphatic hydroxyl groups is 1. The van der Waals surface area contributed by atoms with Crippen molar-refractivity contribution in [2.45, 2.75) is 25.3 Å². The molecule has 5 nitrogen and oxygen atoms in total. The molecule has 0 bridgehead atoms. The lowest BCUT2D eigenvalue weighted by molar-refractivity contribution is -0.116. The van der Waals surface area contributed by atoms with Crippen molar-refractivity contribution in [2.75, 3.05) is 30.7 Å². The summed E-state index contributed by atoms with van der Waals surface area (Å²) in [7, 11) is 0. The molecular formula is C14H19Cl2N3O2. The van der Waals surface area contributed by atoms with E-state index in [4.69, 9.17) is 28.9 Å². The van der Waals surface area contributed by atoms with E-state index in [1.807, 2.05) is 0 Å². The number of hydrogen-bond donors (Lipinski definition) is 3. The van der Waals surface area contributed by atoms with Crippen LogP contribution >= 0.6 is 23.2 Å². The summed E-state index contributed by atoms with van der Waals surface area (Å²) >= 11 is 12.1. The van der Waals surface area contributed by atoms with E-state index < -0.39 is 0 Å². The molecule has 0 aliphatic carbocycles. The maximum absolute atomic E-state index is 12.0. The molecule has 1 heterocycles. The van der Waals surface area contributed by atoms with Crippen LogP contribution in [0.2, 0.25) is 10.0 Å². The van der Waals surface area contributed by atoms with E-state index in [9.17, 15) is 9.90 Å². The monoisotopic (exact) mass is 331 g/mol. The zero-order valence-electron chi connectivity index (χ0n) is 11.6. The summed E-state index contributed by atoms with van der Waals surface area (Å²) in [6.45, 7) is 1.67. The molecule has 7 heteroatoms. The summed E-state index contributed by atoms with van der Waals surface area (Å²) in [6, 6.07) is 3.26. The van der Waals surface area contributed by atoms with Crippen LogP contribution in [0.1, 0.15) is 19.3 Å². The Hall–Kier alpha value is -1.01. The fourth-order valence-corrected chi connectivity index (χ4v) is 3.15. The quantitative estimate of drug-likeness (QED) is 0.724. The molecule has 1 aliphatic rings. The standard InChI is InChI=1S/C14H19Cl2N3O2/c15-11-6-9(17)7-12(16)14(11)18-13(21)3-5-19-4-1-2-10(19)8-20/h6-7,10,20H,1-5,8,17H2,(H,18,21). The minimum Gasteiger partial charge on any atom is -0.399 e. The molecule has 4 N–H and O–H groups in total. The predicted octanol–water partition coefficient (Wildman–Crippen LogP) is 2.36. The highest BCUT2D eigenvalue weighted by Crippen LogP contribution is 2.32. The third-order valence-corrected chi connectivity index (χ3v) is 4.26. The molecule has 0 aromatic heterocycles. The highest BCUT2D eigenvalue weighted by Gasteiger charge is 2.24. The van der Waals surface area contributed by atoms with Crippen LogP contribution in [0.25, 0.3) is 0 Å². The number of aliphatic hydroxyl groups excluding tert-OH is 1. The summed E-state index contributed by atoms with van der Waals surface area (Å²) in [5, 5.41) is 12.6. The van der Waals surface area contributed by atoms with Crippen molar-refractivity contribution in [1.82, 2.24) is 4.90 Å². The summed E-state index contributed by atoms with van der Waals surface area (Å²) < 4.78 is 0. The molecule has 2 rings (SSSR count). The third-order valence-electron chi connectivity index (χ3n) is 3.66. The summed E-state index contributed by atoms with van der Waals surface area (Å²) in [4.78, 5) is 14.1. The fourth-order valence-electron chi connectivity index (χ4n) is 2.56. The number of nitrogen functional groups attached to an aromatic ring is 1. The van der Waals surface area contributed by atoms with Gasteiger partial charge in [-0.05, 0) is 31.5 Å². The molecule has 1 aromatic rings. The molecule has 1 amide bonds. The number of amides is 1. The molecule has 21 heavy (non-hydrogen) atoms. The highest BCUT2D eigenvalue weighted by atomic mass is 35.5. The SMILES string of the molecule is Nc1cc(Cl)c(NC(=O)CCN2CCCC2CO)c(Cl)c1. The van der Waals surface area contributed by atoms with Gasteiger partial charge in [0.05, 0.1) is 22.3 Å². The smallest absolute Gasteiger partial charge is 0.225 e. The fraction of sp³-hybridized carbons (Fsp3) is 0.500. The number of carbonyl (C=O) groups is 1. The van der Waals surface area contributed by atoms with Crippen LogP contribution in [0.4, 0.5) is 11.4 Å². The molecule has 0 spiro atoms. The first-order chi connectivity index (χ1) is 10.0. The number of nitrogens with two attached hydrogens (primary N) is 1. The highest BCUT2D eigenvalue weighted by molar-refractivity contribution is 6.40. The summed E-state index contributed by atoms with van der Waals surface area (Å²) in [6.07, 6.45) is 2.36. The van der Waals surface area contributed by atoms with Gasteiger partial charge < -0.3 is 16.2 Å². The summed E-state index contributed by atoms with van der Waals surface area (Å²) in [5.41, 5.74) is 6.46. The maximum Gasteiger partial charge on any atom is 0.225 e. The molecule has 1 fully saturated rings. The van der Waals surface area contributed by atoms with E-state index in [-0.39, 0.29) is 18.6 Å². The van der Waals surface area contributed by atoms with Gasteiger partial charge in [-0.2, -0.15) is 0 Å². The molecule has 1 aromatic carbocycles. The van der Waals surface area contributed by atoms with Crippen molar-refractivity contribution < 1.29 is 9.90 Å². The molecule has 1 unspecified atom stereocenters. The minimum atomic E-state index is -0.160. The first-order valence-electron chi connectivity index (χ1n) is 6.90. The zero-order valence-corrected chi connectivity index (χ0v) is 13.1. The van der Waals surface area contributed by atoms with Crippen LogP contribution in [0, 0.1) is 0 Å². The number of halogens is 2. The van der Waals surface area contributed by atoms with Gasteiger partial charge in [-0.25, -0.2) is 0 Å². The molecule has 0 saturated carbocycles. The number of carbonyl (C=O) groups excluding carboxylic acids is 1. The zero-order chi connectivity index (χ0) is 15.4. The minimum absolute atomic E-state index is 0.136. The van der Waals surface area contributed by atoms with Crippen molar-refractivity contribution in [3.63, 3.8) is 0 Å². The van der Waals surface area contributed by atoms with Gasteiger partial charge in [0.25, 0.3) is 0 Å². The third kappa shape index (κ3) is 4.23. The topological polar surface area (TPSA) is 78.6 Å². The number of anilines is 2. The predicted molar refractivity (Wildman–Crippen MR) is 85.8 cm³/mol. The number of likely N-dealkylation sites (tertiary alicyclic amines) is 1. The first kappa shape index (κ1) is 16.4. The number of nitrogens with one attached hydrogen (secondary N) is 1. The van der Waals surface area contributed by atoms with Crippen LogP contribution in [0.15, 0.2) is 12.1 Å². The Bertz CT molecular complexity index is 502. The lowest BCUT2D eigenvalue weighted by Gasteiger charge is -2.22. The largest absolute Gasteiger partial charge is 0.399 e. The molecule has 1 saturated heterocycles. The number of benzene rings is 1. The van der Waals surface area contributed by atoms with Gasteiger partial charge in [-0.3, -0.25) is 9.69 Å². The average molecular weight is 332 g/mol. The lowest BCUT2D eigenvalue weighted by atomic mass is 10.2. The second-order valence-electron chi connectivity index (χ2n) is 5.17. The van der Waals surface area contributed by atoms with Gasteiger partial charge >= 0.3 is 0 Å². The van der Waals surface area contributed by atoms with Crippen LogP contribution < -0.4 is 11.1 Å². The first-order valence-corrected chi connectivity index (χ1v) is 7.66. The van der Waals surface area contributed by atoms with Crippen LogP contribution in [0.3, 0.4) is 0 Å². The van der Waals surface area contributed by atoms with Gasteiger partial charge in [-0.15, -0.1) is 0 Å². The molecular weight excluding hydrogens is 313 g/mol. The molecule has 0 radical (unpaired) electrons. The van der Waals surface area contributed by atoms with E-state index in [1.54, 1.807) is 12.1 Å². The van der Waals surface area contributed by atoms with Gasteiger partial charge in [-0.1, -0.05) is 23.2 Å². The molecule has 1 aliphatic heterocycles. The van der Waals surface area contributed by atoms with Gasteiger partial charge in [0.2, 0.25) is 5.91 Å². The Balaban J connectivity index is 1.90. The lowest BCUT2D eigenvalue weighted by Crippen LogP contribution is -2.34. The van der Waals surface area contributed by atoms with Crippen LogP contribution in [-0.2, 0) is 4.79 Å². The second-order valence-corrected chi connectivity index (χ2v) is 5.99. The van der Waals surface area contributed by atoms with E-state index in [2.05, 4.69) is 10.2 Å². The van der Waals surface area contributed by atoms with E-state index in [0.717, 1.165) is 19.4 Å². The van der Waals surface area contributed by atoms with Crippen molar-refractivity contribution in [1.29, 1.82) is 0 Å². The Morgan fingerprint density at radius 3 is 2.71 bits per heavy atom. The van der Waals surface area contributed by atoms with Crippen molar-refractivity contribution in [2.24, 2.45) is 0 Å². The summed E-state index contributed by atoms with van der Waals surface area (Å²) in [5.74, 6) is -0.160. The number of rotatable bonds is 5. The van der Waals surface area contributed by atoms with Gasteiger partial charge in [0.15, 0.2) is 0 Å². The van der Waals surface area contributed by atoms with Crippen LogP contribution in [-0.4, -0.2) is 41.7 Å². The van der Waals surface area contributed by atoms with Crippen molar-refractivity contribution in [3.8, 4) is 0 Å². The van der Waals surface area contributed by atoms with Crippen LogP contribution in [0.5, 0.6) is 0 Å². The Morgan fingerprint density at radius 2 is 2.10 bits per heavy atom. The van der Waals surface area contributed by atoms with E-state index >= 15 is 0 Å². The number of nitrogens with zero attached hydrogens (tertiary/aromatic N) is 1. The second kappa shape index (κ2) is 7.31. The van der Waals surface area contributed by atoms with Crippen molar-refractivity contribution in [3.05, 3.63) is 22.2 Å². The number of hydrogen-bond acceptors (Lipinski definition) is 4. The Kier molecular flexibility index (Phi) is 5.70. The molecule has 1 atom stereocenters. The van der Waals surface area contributed by atoms with Crippen molar-refractivity contribution >= 4 is 40.5 Å². The Morgan fingerprint density at radius 1 is 1.43 bits per heavy atom. The normalized spacial score (nSPS) is 18.9. The average Bonchev–Trinajstić information content (AvgIpc) is 2.88. The van der Waals surface area contributed by atoms with E-state index in [0.29, 0.717) is 34.4 Å². The molecule has 116 valence electrons.